The van der Waals surface area contributed by atoms with Crippen LogP contribution in [-0.4, -0.2) is 19.2 Å². The lowest BCUT2D eigenvalue weighted by Gasteiger charge is -2.33. The van der Waals surface area contributed by atoms with Gasteiger partial charge in [0.2, 0.25) is 0 Å². The molecule has 19 heavy (non-hydrogen) atoms. The van der Waals surface area contributed by atoms with Crippen molar-refractivity contribution in [1.82, 2.24) is 5.32 Å². The molecule has 2 atom stereocenters. The Morgan fingerprint density at radius 1 is 1.26 bits per heavy atom. The van der Waals surface area contributed by atoms with E-state index in [2.05, 4.69) is 50.4 Å². The van der Waals surface area contributed by atoms with E-state index in [9.17, 15) is 0 Å². The summed E-state index contributed by atoms with van der Waals surface area (Å²) in [5.74, 6) is 2.46. The van der Waals surface area contributed by atoms with Gasteiger partial charge < -0.3 is 10.1 Å². The first kappa shape index (κ1) is 14.4. The summed E-state index contributed by atoms with van der Waals surface area (Å²) in [5, 5.41) is 3.69. The van der Waals surface area contributed by atoms with Crippen LogP contribution in [0.2, 0.25) is 0 Å². The maximum Gasteiger partial charge on any atom is 0.122 e. The van der Waals surface area contributed by atoms with Crippen molar-refractivity contribution in [3.05, 3.63) is 29.8 Å². The lowest BCUT2D eigenvalue weighted by Crippen LogP contribution is -2.37. The van der Waals surface area contributed by atoms with Gasteiger partial charge in [-0.15, -0.1) is 0 Å². The van der Waals surface area contributed by atoms with Crippen LogP contribution >= 0.6 is 0 Å². The largest absolute Gasteiger partial charge is 0.493 e. The number of hydrogen-bond acceptors (Lipinski definition) is 2. The third kappa shape index (κ3) is 3.73. The predicted octanol–water partition coefficient (Wildman–Crippen LogP) is 3.97. The molecule has 2 rings (SSSR count). The lowest BCUT2D eigenvalue weighted by atomic mass is 9.83. The summed E-state index contributed by atoms with van der Waals surface area (Å²) in [6.45, 7) is 8.71. The highest BCUT2D eigenvalue weighted by atomic mass is 16.5. The molecule has 1 aliphatic rings. The van der Waals surface area contributed by atoms with Gasteiger partial charge in [-0.3, -0.25) is 0 Å². The number of rotatable bonds is 6. The summed E-state index contributed by atoms with van der Waals surface area (Å²) in [4.78, 5) is 0. The van der Waals surface area contributed by atoms with E-state index in [1.54, 1.807) is 0 Å². The molecule has 2 nitrogen and oxygen atoms in total. The number of hydrogen-bond donors (Lipinski definition) is 1. The van der Waals surface area contributed by atoms with Crippen LogP contribution in [0.4, 0.5) is 0 Å². The summed E-state index contributed by atoms with van der Waals surface area (Å²) in [6, 6.07) is 9.12. The molecular weight excluding hydrogens is 234 g/mol. The minimum atomic E-state index is 0.581. The first-order chi connectivity index (χ1) is 9.22. The molecule has 1 aromatic carbocycles. The molecule has 0 saturated carbocycles. The van der Waals surface area contributed by atoms with Gasteiger partial charge in [-0.25, -0.2) is 0 Å². The normalized spacial score (nSPS) is 19.9. The van der Waals surface area contributed by atoms with Crippen molar-refractivity contribution in [1.29, 1.82) is 0 Å². The molecule has 2 unspecified atom stereocenters. The predicted molar refractivity (Wildman–Crippen MR) is 80.8 cm³/mol. The summed E-state index contributed by atoms with van der Waals surface area (Å²) >= 11 is 0. The molecule has 1 aromatic rings. The van der Waals surface area contributed by atoms with E-state index in [0.29, 0.717) is 12.0 Å². The fraction of sp³-hybridized carbons (Fsp3) is 0.647. The van der Waals surface area contributed by atoms with Gasteiger partial charge in [0.1, 0.15) is 5.75 Å². The highest BCUT2D eigenvalue weighted by Crippen LogP contribution is 2.36. The van der Waals surface area contributed by atoms with Gasteiger partial charge in [0.25, 0.3) is 0 Å². The molecule has 0 bridgehead atoms. The van der Waals surface area contributed by atoms with Crippen molar-refractivity contribution >= 4 is 0 Å². The highest BCUT2D eigenvalue weighted by Gasteiger charge is 2.28. The molecule has 0 amide bonds. The molecule has 0 spiro atoms. The molecule has 106 valence electrons. The topological polar surface area (TPSA) is 21.3 Å². The van der Waals surface area contributed by atoms with Crippen molar-refractivity contribution < 1.29 is 4.74 Å². The zero-order valence-electron chi connectivity index (χ0n) is 12.5. The van der Waals surface area contributed by atoms with Gasteiger partial charge >= 0.3 is 0 Å². The van der Waals surface area contributed by atoms with Gasteiger partial charge in [0.05, 0.1) is 6.61 Å². The molecule has 0 saturated heterocycles. The van der Waals surface area contributed by atoms with E-state index in [4.69, 9.17) is 4.74 Å². The fourth-order valence-electron chi connectivity index (χ4n) is 3.01. The molecule has 0 aliphatic carbocycles. The summed E-state index contributed by atoms with van der Waals surface area (Å²) in [7, 11) is 0. The standard InChI is InChI=1S/C17H27NO/c1-4-18-16(10-9-13(2)3)14-11-12-19-17-8-6-5-7-15(14)17/h5-8,13-14,16,18H,4,9-12H2,1-3H3. The molecular formula is C17H27NO. The van der Waals surface area contributed by atoms with Gasteiger partial charge in [0.15, 0.2) is 0 Å². The van der Waals surface area contributed by atoms with Crippen molar-refractivity contribution in [2.24, 2.45) is 5.92 Å². The number of nitrogens with one attached hydrogen (secondary N) is 1. The third-order valence-corrected chi connectivity index (χ3v) is 4.01. The average molecular weight is 261 g/mol. The van der Waals surface area contributed by atoms with E-state index < -0.39 is 0 Å². The van der Waals surface area contributed by atoms with E-state index in [1.807, 2.05) is 0 Å². The van der Waals surface area contributed by atoms with Crippen LogP contribution in [0.25, 0.3) is 0 Å². The van der Waals surface area contributed by atoms with Crippen molar-refractivity contribution in [3.8, 4) is 5.75 Å². The third-order valence-electron chi connectivity index (χ3n) is 4.01. The molecule has 1 aliphatic heterocycles. The van der Waals surface area contributed by atoms with Crippen molar-refractivity contribution in [2.75, 3.05) is 13.2 Å². The van der Waals surface area contributed by atoms with Crippen LogP contribution in [0.5, 0.6) is 5.75 Å². The van der Waals surface area contributed by atoms with Crippen LogP contribution in [-0.2, 0) is 0 Å². The first-order valence-electron chi connectivity index (χ1n) is 7.67. The number of benzene rings is 1. The molecule has 0 aromatic heterocycles. The lowest BCUT2D eigenvalue weighted by molar-refractivity contribution is 0.239. The molecule has 1 N–H and O–H groups in total. The van der Waals surface area contributed by atoms with E-state index in [-0.39, 0.29) is 0 Å². The monoisotopic (exact) mass is 261 g/mol. The summed E-state index contributed by atoms with van der Waals surface area (Å²) in [5.41, 5.74) is 1.39. The molecule has 0 fully saturated rings. The van der Waals surface area contributed by atoms with E-state index in [0.717, 1.165) is 31.2 Å². The van der Waals surface area contributed by atoms with Gasteiger partial charge in [-0.05, 0) is 43.4 Å². The minimum Gasteiger partial charge on any atom is -0.493 e. The second-order valence-corrected chi connectivity index (χ2v) is 5.92. The van der Waals surface area contributed by atoms with Crippen molar-refractivity contribution in [3.63, 3.8) is 0 Å². The van der Waals surface area contributed by atoms with Crippen molar-refractivity contribution in [2.45, 2.75) is 52.0 Å². The quantitative estimate of drug-likeness (QED) is 0.836. The average Bonchev–Trinajstić information content (AvgIpc) is 2.43. The Labute approximate surface area is 117 Å². The number of fused-ring (bicyclic) bond motifs is 1. The van der Waals surface area contributed by atoms with Crippen LogP contribution in [0.15, 0.2) is 24.3 Å². The van der Waals surface area contributed by atoms with E-state index >= 15 is 0 Å². The van der Waals surface area contributed by atoms with Gasteiger partial charge in [-0.1, -0.05) is 39.0 Å². The summed E-state index contributed by atoms with van der Waals surface area (Å²) < 4.78 is 5.78. The second kappa shape index (κ2) is 6.95. The SMILES string of the molecule is CCNC(CCC(C)C)C1CCOc2ccccc21. The second-order valence-electron chi connectivity index (χ2n) is 5.92. The highest BCUT2D eigenvalue weighted by molar-refractivity contribution is 5.38. The van der Waals surface area contributed by atoms with Gasteiger partial charge in [-0.2, -0.15) is 0 Å². The maximum absolute atomic E-state index is 5.78. The number of para-hydroxylation sites is 1. The summed E-state index contributed by atoms with van der Waals surface area (Å²) in [6.07, 6.45) is 3.68. The Bertz CT molecular complexity index is 389. The zero-order chi connectivity index (χ0) is 13.7. The fourth-order valence-corrected chi connectivity index (χ4v) is 3.01. The van der Waals surface area contributed by atoms with Crippen LogP contribution in [0.3, 0.4) is 0 Å². The van der Waals surface area contributed by atoms with E-state index in [1.165, 1.54) is 18.4 Å². The van der Waals surface area contributed by atoms with Gasteiger partial charge in [0, 0.05) is 12.0 Å². The first-order valence-corrected chi connectivity index (χ1v) is 7.67. The Morgan fingerprint density at radius 3 is 2.79 bits per heavy atom. The Morgan fingerprint density at radius 2 is 2.05 bits per heavy atom. The Kier molecular flexibility index (Phi) is 5.26. The zero-order valence-corrected chi connectivity index (χ0v) is 12.5. The number of likely N-dealkylation sites (N-methyl/N-ethyl adjacent to an activating group) is 1. The van der Waals surface area contributed by atoms with Crippen LogP contribution in [0.1, 0.15) is 51.5 Å². The molecule has 0 radical (unpaired) electrons. The smallest absolute Gasteiger partial charge is 0.122 e. The van der Waals surface area contributed by atoms with Crippen LogP contribution in [0, 0.1) is 5.92 Å². The Hall–Kier alpha value is -1.02. The number of ether oxygens (including phenoxy) is 1. The molecule has 1 heterocycles. The molecule has 2 heteroatoms. The minimum absolute atomic E-state index is 0.581. The maximum atomic E-state index is 5.78. The Balaban J connectivity index is 2.13. The van der Waals surface area contributed by atoms with Crippen LogP contribution < -0.4 is 10.1 Å².